The van der Waals surface area contributed by atoms with Crippen molar-refractivity contribution in [3.05, 3.63) is 35.4 Å². The van der Waals surface area contributed by atoms with E-state index in [4.69, 9.17) is 5.11 Å². The van der Waals surface area contributed by atoms with Crippen molar-refractivity contribution in [3.8, 4) is 0 Å². The molecule has 2 saturated carbocycles. The first-order chi connectivity index (χ1) is 10.1. The van der Waals surface area contributed by atoms with Crippen molar-refractivity contribution >= 4 is 11.8 Å². The molecule has 1 N–H and O–H groups in total. The van der Waals surface area contributed by atoms with Crippen LogP contribution >= 0.6 is 0 Å². The number of carbonyl (C=O) groups excluding carboxylic acids is 1. The minimum atomic E-state index is -0.944. The molecule has 0 bridgehead atoms. The van der Waals surface area contributed by atoms with Gasteiger partial charge in [0.2, 0.25) is 0 Å². The van der Waals surface area contributed by atoms with E-state index in [9.17, 15) is 9.59 Å². The minimum absolute atomic E-state index is 0.165. The fourth-order valence-corrected chi connectivity index (χ4v) is 4.36. The molecular weight excluding hydrogens is 264 g/mol. The number of carboxylic acids is 1. The first kappa shape index (κ1) is 14.3. The molecule has 21 heavy (non-hydrogen) atoms. The second-order valence-electron chi connectivity index (χ2n) is 6.56. The van der Waals surface area contributed by atoms with E-state index < -0.39 is 5.97 Å². The number of ketones is 1. The molecule has 0 spiro atoms. The number of aromatic carboxylic acids is 1. The molecule has 0 aromatic heterocycles. The van der Waals surface area contributed by atoms with E-state index in [2.05, 4.69) is 0 Å². The molecule has 1 aromatic carbocycles. The quantitative estimate of drug-likeness (QED) is 0.842. The summed E-state index contributed by atoms with van der Waals surface area (Å²) in [6, 6.07) is 6.49. The van der Waals surface area contributed by atoms with Crippen LogP contribution in [0.25, 0.3) is 0 Å². The normalized spacial score (nSPS) is 28.7. The Morgan fingerprint density at radius 2 is 1.43 bits per heavy atom. The molecule has 3 rings (SSSR count). The van der Waals surface area contributed by atoms with Gasteiger partial charge >= 0.3 is 5.97 Å². The average Bonchev–Trinajstić information content (AvgIpc) is 2.54. The van der Waals surface area contributed by atoms with Crippen molar-refractivity contribution in [2.45, 2.75) is 51.4 Å². The molecule has 0 aliphatic heterocycles. The highest BCUT2D eigenvalue weighted by Gasteiger charge is 2.47. The minimum Gasteiger partial charge on any atom is -0.478 e. The van der Waals surface area contributed by atoms with Crippen LogP contribution in [-0.2, 0) is 0 Å². The summed E-state index contributed by atoms with van der Waals surface area (Å²) >= 11 is 0. The van der Waals surface area contributed by atoms with Gasteiger partial charge in [-0.15, -0.1) is 0 Å². The molecule has 112 valence electrons. The summed E-state index contributed by atoms with van der Waals surface area (Å²) in [6.07, 6.45) is 9.17. The van der Waals surface area contributed by atoms with Crippen molar-refractivity contribution < 1.29 is 14.7 Å². The molecule has 0 unspecified atom stereocenters. The van der Waals surface area contributed by atoms with Gasteiger partial charge in [0.05, 0.1) is 5.56 Å². The zero-order valence-electron chi connectivity index (χ0n) is 12.3. The summed E-state index contributed by atoms with van der Waals surface area (Å²) in [4.78, 5) is 24.0. The third kappa shape index (κ3) is 2.50. The van der Waals surface area contributed by atoms with Gasteiger partial charge in [-0.25, -0.2) is 4.79 Å². The van der Waals surface area contributed by atoms with Gasteiger partial charge in [-0.05, 0) is 43.7 Å². The van der Waals surface area contributed by atoms with Crippen LogP contribution in [0.3, 0.4) is 0 Å². The van der Waals surface area contributed by atoms with Crippen LogP contribution < -0.4 is 0 Å². The van der Waals surface area contributed by atoms with E-state index in [1.165, 1.54) is 25.7 Å². The molecule has 2 aliphatic carbocycles. The van der Waals surface area contributed by atoms with Gasteiger partial charge in [0, 0.05) is 11.0 Å². The first-order valence-corrected chi connectivity index (χ1v) is 8.02. The SMILES string of the molecule is O=C(O)c1ccc(C(=O)C23CCCCC2CCCC3)cc1. The van der Waals surface area contributed by atoms with Gasteiger partial charge in [0.25, 0.3) is 0 Å². The maximum Gasteiger partial charge on any atom is 0.335 e. The molecule has 2 fully saturated rings. The second kappa shape index (κ2) is 5.63. The number of carboxylic acid groups (broad SMARTS) is 1. The second-order valence-corrected chi connectivity index (χ2v) is 6.56. The van der Waals surface area contributed by atoms with Crippen molar-refractivity contribution in [3.63, 3.8) is 0 Å². The van der Waals surface area contributed by atoms with E-state index >= 15 is 0 Å². The topological polar surface area (TPSA) is 54.4 Å². The Labute approximate surface area is 125 Å². The van der Waals surface area contributed by atoms with Crippen LogP contribution in [0.4, 0.5) is 0 Å². The molecule has 0 saturated heterocycles. The van der Waals surface area contributed by atoms with Gasteiger partial charge in [-0.3, -0.25) is 4.79 Å². The Morgan fingerprint density at radius 3 is 1.95 bits per heavy atom. The van der Waals surface area contributed by atoms with Gasteiger partial charge < -0.3 is 5.11 Å². The Hall–Kier alpha value is -1.64. The first-order valence-electron chi connectivity index (χ1n) is 8.02. The number of Topliss-reactive ketones (excluding diaryl/α,β-unsaturated/α-hetero) is 1. The summed E-state index contributed by atoms with van der Waals surface area (Å²) in [5, 5.41) is 8.96. The lowest BCUT2D eigenvalue weighted by atomic mass is 9.56. The Bertz CT molecular complexity index is 532. The predicted molar refractivity (Wildman–Crippen MR) is 80.6 cm³/mol. The molecule has 2 aliphatic rings. The number of benzene rings is 1. The van der Waals surface area contributed by atoms with Crippen molar-refractivity contribution in [1.29, 1.82) is 0 Å². The number of hydrogen-bond acceptors (Lipinski definition) is 2. The zero-order valence-corrected chi connectivity index (χ0v) is 12.3. The number of hydrogen-bond donors (Lipinski definition) is 1. The van der Waals surface area contributed by atoms with E-state index in [0.29, 0.717) is 11.5 Å². The highest BCUT2D eigenvalue weighted by molar-refractivity contribution is 6.01. The summed E-state index contributed by atoms with van der Waals surface area (Å²) in [6.45, 7) is 0. The average molecular weight is 286 g/mol. The van der Waals surface area contributed by atoms with E-state index in [0.717, 1.165) is 25.7 Å². The van der Waals surface area contributed by atoms with Gasteiger partial charge in [0.1, 0.15) is 0 Å². The zero-order chi connectivity index (χ0) is 14.9. The Balaban J connectivity index is 1.89. The Kier molecular flexibility index (Phi) is 3.83. The monoisotopic (exact) mass is 286 g/mol. The van der Waals surface area contributed by atoms with Crippen LogP contribution in [0.15, 0.2) is 24.3 Å². The highest BCUT2D eigenvalue weighted by atomic mass is 16.4. The van der Waals surface area contributed by atoms with E-state index in [1.54, 1.807) is 24.3 Å². The maximum absolute atomic E-state index is 13.1. The summed E-state index contributed by atoms with van der Waals surface area (Å²) in [5.41, 5.74) is 0.767. The largest absolute Gasteiger partial charge is 0.478 e. The Morgan fingerprint density at radius 1 is 0.905 bits per heavy atom. The molecule has 0 amide bonds. The third-order valence-electron chi connectivity index (χ3n) is 5.48. The van der Waals surface area contributed by atoms with E-state index in [1.807, 2.05) is 0 Å². The van der Waals surface area contributed by atoms with Crippen molar-refractivity contribution in [2.24, 2.45) is 11.3 Å². The van der Waals surface area contributed by atoms with Gasteiger partial charge in [-0.2, -0.15) is 0 Å². The van der Waals surface area contributed by atoms with Gasteiger partial charge in [0.15, 0.2) is 5.78 Å². The summed E-state index contributed by atoms with van der Waals surface area (Å²) in [7, 11) is 0. The van der Waals surface area contributed by atoms with E-state index in [-0.39, 0.29) is 16.8 Å². The van der Waals surface area contributed by atoms with Crippen molar-refractivity contribution in [2.75, 3.05) is 0 Å². The number of rotatable bonds is 3. The molecule has 3 nitrogen and oxygen atoms in total. The van der Waals surface area contributed by atoms with Crippen LogP contribution in [0.2, 0.25) is 0 Å². The lowest BCUT2D eigenvalue weighted by Gasteiger charge is -2.46. The van der Waals surface area contributed by atoms with Crippen molar-refractivity contribution in [1.82, 2.24) is 0 Å². The summed E-state index contributed by atoms with van der Waals surface area (Å²) < 4.78 is 0. The lowest BCUT2D eigenvalue weighted by Crippen LogP contribution is -2.43. The summed E-state index contributed by atoms with van der Waals surface area (Å²) in [5.74, 6) is -0.157. The standard InChI is InChI=1S/C18H22O3/c19-16(13-7-9-14(10-8-13)17(20)21)18-11-3-1-5-15(18)6-2-4-12-18/h7-10,15H,1-6,11-12H2,(H,20,21). The predicted octanol–water partition coefficient (Wildman–Crippen LogP) is 4.32. The highest BCUT2D eigenvalue weighted by Crippen LogP contribution is 2.52. The molecule has 0 heterocycles. The maximum atomic E-state index is 13.1. The van der Waals surface area contributed by atoms with Crippen LogP contribution in [0.5, 0.6) is 0 Å². The number of carbonyl (C=O) groups is 2. The van der Waals surface area contributed by atoms with Gasteiger partial charge in [-0.1, -0.05) is 37.8 Å². The molecular formula is C18H22O3. The van der Waals surface area contributed by atoms with Crippen LogP contribution in [0, 0.1) is 11.3 Å². The fraction of sp³-hybridized carbons (Fsp3) is 0.556. The third-order valence-corrected chi connectivity index (χ3v) is 5.48. The smallest absolute Gasteiger partial charge is 0.335 e. The molecule has 1 aromatic rings. The number of fused-ring (bicyclic) bond motifs is 1. The molecule has 3 heteroatoms. The van der Waals surface area contributed by atoms with Crippen LogP contribution in [-0.4, -0.2) is 16.9 Å². The fourth-order valence-electron chi connectivity index (χ4n) is 4.36. The molecule has 0 radical (unpaired) electrons. The van der Waals surface area contributed by atoms with Crippen LogP contribution in [0.1, 0.15) is 72.1 Å². The lowest BCUT2D eigenvalue weighted by molar-refractivity contribution is 0.0346. The molecule has 0 atom stereocenters.